The highest BCUT2D eigenvalue weighted by molar-refractivity contribution is 9.10. The van der Waals surface area contributed by atoms with E-state index in [9.17, 15) is 14.4 Å². The summed E-state index contributed by atoms with van der Waals surface area (Å²) < 4.78 is 12.3. The fourth-order valence-electron chi connectivity index (χ4n) is 3.19. The molecule has 4 rings (SSSR count). The molecule has 0 atom stereocenters. The number of carbonyl (C=O) groups is 2. The van der Waals surface area contributed by atoms with Crippen LogP contribution in [0, 0.1) is 0 Å². The van der Waals surface area contributed by atoms with Crippen molar-refractivity contribution < 1.29 is 19.1 Å². The highest BCUT2D eigenvalue weighted by Gasteiger charge is 2.23. The zero-order valence-corrected chi connectivity index (χ0v) is 20.0. The summed E-state index contributed by atoms with van der Waals surface area (Å²) in [4.78, 5) is 38.9. The monoisotopic (exact) mass is 527 g/mol. The molecule has 0 saturated carbocycles. The molecule has 0 aliphatic rings. The Morgan fingerprint density at radius 1 is 1.18 bits per heavy atom. The first-order valence-electron chi connectivity index (χ1n) is 9.86. The minimum Gasteiger partial charge on any atom is -0.497 e. The van der Waals surface area contributed by atoms with Gasteiger partial charge < -0.3 is 14.8 Å². The van der Waals surface area contributed by atoms with E-state index in [-0.39, 0.29) is 23.6 Å². The maximum absolute atomic E-state index is 13.5. The van der Waals surface area contributed by atoms with Gasteiger partial charge >= 0.3 is 5.97 Å². The Balaban J connectivity index is 1.88. The minimum absolute atomic E-state index is 0.0188. The molecular weight excluding hydrogens is 510 g/mol. The normalized spacial score (nSPS) is 10.8. The van der Waals surface area contributed by atoms with E-state index in [1.54, 1.807) is 60.8 Å². The van der Waals surface area contributed by atoms with Crippen molar-refractivity contribution in [2.75, 3.05) is 19.0 Å². The summed E-state index contributed by atoms with van der Waals surface area (Å²) in [6, 6.07) is 13.6. The number of amides is 1. The van der Waals surface area contributed by atoms with Crippen LogP contribution in [0.4, 0.5) is 5.00 Å². The Morgan fingerprint density at radius 2 is 1.94 bits per heavy atom. The van der Waals surface area contributed by atoms with Crippen LogP contribution < -0.4 is 15.6 Å². The number of ether oxygens (including phenoxy) is 2. The van der Waals surface area contributed by atoms with Crippen molar-refractivity contribution in [1.29, 1.82) is 0 Å². The number of methoxy groups -OCH3 is 1. The quantitative estimate of drug-likeness (QED) is 0.366. The minimum atomic E-state index is -0.664. The van der Waals surface area contributed by atoms with Gasteiger partial charge in [-0.05, 0) is 43.3 Å². The third-order valence-corrected chi connectivity index (χ3v) is 6.18. The average molecular weight is 528 g/mol. The third-order valence-electron chi connectivity index (χ3n) is 4.75. The van der Waals surface area contributed by atoms with Gasteiger partial charge in [0.2, 0.25) is 0 Å². The lowest BCUT2D eigenvalue weighted by molar-refractivity contribution is 0.0520. The van der Waals surface area contributed by atoms with E-state index in [1.807, 2.05) is 0 Å². The first-order chi connectivity index (χ1) is 15.9. The summed E-state index contributed by atoms with van der Waals surface area (Å²) in [5, 5.41) is 9.49. The van der Waals surface area contributed by atoms with Gasteiger partial charge in [-0.25, -0.2) is 4.79 Å². The number of hydrogen-bond donors (Lipinski definition) is 1. The molecule has 33 heavy (non-hydrogen) atoms. The molecule has 2 heterocycles. The Kier molecular flexibility index (Phi) is 6.57. The number of fused-ring (bicyclic) bond motifs is 1. The Bertz CT molecular complexity index is 1410. The van der Waals surface area contributed by atoms with Crippen LogP contribution in [0.15, 0.2) is 63.2 Å². The summed E-state index contributed by atoms with van der Waals surface area (Å²) in [5.74, 6) is -0.524. The van der Waals surface area contributed by atoms with E-state index >= 15 is 0 Å². The van der Waals surface area contributed by atoms with Gasteiger partial charge in [0.1, 0.15) is 10.8 Å². The van der Waals surface area contributed by atoms with Gasteiger partial charge in [-0.3, -0.25) is 9.59 Å². The summed E-state index contributed by atoms with van der Waals surface area (Å²) in [6.07, 6.45) is 0. The zero-order chi connectivity index (χ0) is 23.5. The van der Waals surface area contributed by atoms with Crippen LogP contribution in [0.1, 0.15) is 27.8 Å². The molecule has 8 nitrogen and oxygen atoms in total. The first-order valence-corrected chi connectivity index (χ1v) is 11.5. The van der Waals surface area contributed by atoms with Gasteiger partial charge in [0.15, 0.2) is 5.69 Å². The van der Waals surface area contributed by atoms with Crippen LogP contribution in [0.2, 0.25) is 0 Å². The van der Waals surface area contributed by atoms with Crippen molar-refractivity contribution in [2.24, 2.45) is 0 Å². The van der Waals surface area contributed by atoms with E-state index in [0.29, 0.717) is 27.4 Å². The number of aromatic nitrogens is 2. The summed E-state index contributed by atoms with van der Waals surface area (Å²) in [6.45, 7) is 1.84. The number of rotatable bonds is 6. The predicted molar refractivity (Wildman–Crippen MR) is 130 cm³/mol. The standard InChI is InChI=1S/C23H18BrN3O5S/c1-3-32-23(30)19-17-12-33-21(25-20(28)13-7-9-14(24)10-8-13)18(17)22(29)27(26-19)15-5-4-6-16(11-15)31-2/h4-12H,3H2,1-2H3,(H,25,28). The Morgan fingerprint density at radius 3 is 2.64 bits per heavy atom. The Labute approximate surface area is 200 Å². The molecule has 0 aliphatic carbocycles. The maximum Gasteiger partial charge on any atom is 0.359 e. The predicted octanol–water partition coefficient (Wildman–Crippen LogP) is 4.65. The summed E-state index contributed by atoms with van der Waals surface area (Å²) >= 11 is 4.48. The zero-order valence-electron chi connectivity index (χ0n) is 17.6. The van der Waals surface area contributed by atoms with Crippen LogP contribution in [0.5, 0.6) is 5.75 Å². The molecule has 10 heteroatoms. The number of thiophene rings is 1. The van der Waals surface area contributed by atoms with E-state index in [0.717, 1.165) is 20.5 Å². The van der Waals surface area contributed by atoms with Crippen molar-refractivity contribution in [1.82, 2.24) is 9.78 Å². The molecule has 2 aromatic carbocycles. The van der Waals surface area contributed by atoms with Crippen molar-refractivity contribution in [3.63, 3.8) is 0 Å². The molecule has 0 bridgehead atoms. The molecule has 168 valence electrons. The molecule has 1 N–H and O–H groups in total. The molecule has 0 fully saturated rings. The molecule has 0 radical (unpaired) electrons. The smallest absolute Gasteiger partial charge is 0.359 e. The van der Waals surface area contributed by atoms with E-state index < -0.39 is 11.5 Å². The van der Waals surface area contributed by atoms with Crippen molar-refractivity contribution >= 4 is 54.9 Å². The highest BCUT2D eigenvalue weighted by atomic mass is 79.9. The van der Waals surface area contributed by atoms with Crippen LogP contribution in [-0.2, 0) is 4.74 Å². The maximum atomic E-state index is 13.5. The van der Waals surface area contributed by atoms with Crippen LogP contribution >= 0.6 is 27.3 Å². The van der Waals surface area contributed by atoms with Crippen molar-refractivity contribution in [2.45, 2.75) is 6.92 Å². The number of esters is 1. The number of carbonyl (C=O) groups excluding carboxylic acids is 2. The topological polar surface area (TPSA) is 99.5 Å². The number of anilines is 1. The fraction of sp³-hybridized carbons (Fsp3) is 0.130. The SMILES string of the molecule is CCOC(=O)c1nn(-c2cccc(OC)c2)c(=O)c2c(NC(=O)c3ccc(Br)cc3)scc12. The van der Waals surface area contributed by atoms with E-state index in [2.05, 4.69) is 26.3 Å². The largest absolute Gasteiger partial charge is 0.497 e. The van der Waals surface area contributed by atoms with Gasteiger partial charge in [0.05, 0.1) is 24.8 Å². The fourth-order valence-corrected chi connectivity index (χ4v) is 4.38. The third kappa shape index (κ3) is 4.53. The second-order valence-corrected chi connectivity index (χ2v) is 8.60. The van der Waals surface area contributed by atoms with Crippen LogP contribution in [-0.4, -0.2) is 35.4 Å². The number of nitrogens with zero attached hydrogens (tertiary/aromatic N) is 2. The molecule has 4 aromatic rings. The van der Waals surface area contributed by atoms with E-state index in [1.165, 1.54) is 7.11 Å². The Hall–Kier alpha value is -3.50. The molecule has 2 aromatic heterocycles. The number of nitrogens with one attached hydrogen (secondary N) is 1. The molecular formula is C23H18BrN3O5S. The average Bonchev–Trinajstić information content (AvgIpc) is 3.24. The van der Waals surface area contributed by atoms with Crippen LogP contribution in [0.3, 0.4) is 0 Å². The second kappa shape index (κ2) is 9.55. The molecule has 1 amide bonds. The number of hydrogen-bond acceptors (Lipinski definition) is 7. The second-order valence-electron chi connectivity index (χ2n) is 6.80. The lowest BCUT2D eigenvalue weighted by atomic mass is 10.2. The highest BCUT2D eigenvalue weighted by Crippen LogP contribution is 2.31. The first kappa shape index (κ1) is 22.7. The number of benzene rings is 2. The van der Waals surface area contributed by atoms with E-state index in [4.69, 9.17) is 9.47 Å². The molecule has 0 unspecified atom stereocenters. The van der Waals surface area contributed by atoms with Gasteiger partial charge in [0, 0.05) is 26.9 Å². The van der Waals surface area contributed by atoms with Gasteiger partial charge in [-0.1, -0.05) is 22.0 Å². The van der Waals surface area contributed by atoms with Crippen LogP contribution in [0.25, 0.3) is 16.5 Å². The van der Waals surface area contributed by atoms with Gasteiger partial charge in [-0.15, -0.1) is 11.3 Å². The van der Waals surface area contributed by atoms with Crippen molar-refractivity contribution in [3.05, 3.63) is 80.0 Å². The van der Waals surface area contributed by atoms with Gasteiger partial charge in [0.25, 0.3) is 11.5 Å². The molecule has 0 spiro atoms. The summed E-state index contributed by atoms with van der Waals surface area (Å²) in [5.41, 5.74) is 0.323. The van der Waals surface area contributed by atoms with Gasteiger partial charge in [-0.2, -0.15) is 9.78 Å². The van der Waals surface area contributed by atoms with Crippen molar-refractivity contribution in [3.8, 4) is 11.4 Å². The number of halogens is 1. The molecule has 0 aliphatic heterocycles. The summed E-state index contributed by atoms with van der Waals surface area (Å²) in [7, 11) is 1.51. The lowest BCUT2D eigenvalue weighted by Gasteiger charge is -2.11. The lowest BCUT2D eigenvalue weighted by Crippen LogP contribution is -2.25. The molecule has 0 saturated heterocycles.